The first-order chi connectivity index (χ1) is 5.65. The van der Waals surface area contributed by atoms with Crippen molar-refractivity contribution in [2.45, 2.75) is 25.2 Å². The lowest BCUT2D eigenvalue weighted by Gasteiger charge is -2.33. The lowest BCUT2D eigenvalue weighted by molar-refractivity contribution is -0.0619. The molecule has 0 bridgehead atoms. The summed E-state index contributed by atoms with van der Waals surface area (Å²) in [5.41, 5.74) is 0. The topological polar surface area (TPSA) is 70.0 Å². The van der Waals surface area contributed by atoms with Gasteiger partial charge in [0.2, 0.25) is 0 Å². The molecule has 0 saturated carbocycles. The Bertz CT molecular complexity index is 173. The fraction of sp³-hybridized carbons (Fsp3) is 0.857. The molecule has 1 saturated heterocycles. The van der Waals surface area contributed by atoms with Crippen LogP contribution in [0.25, 0.3) is 0 Å². The molecule has 0 aliphatic carbocycles. The van der Waals surface area contributed by atoms with Gasteiger partial charge in [-0.3, -0.25) is 4.90 Å². The van der Waals surface area contributed by atoms with E-state index in [0.717, 1.165) is 4.90 Å². The number of aliphatic hydroxyl groups excluding tert-OH is 1. The maximum absolute atomic E-state index is 10.5. The standard InChI is InChI=1S/C7H13NO4/c1-12-5-2-3-6(9)8(4-5)7(10)11/h5-6,9H,2-4H2,1H3,(H,10,11). The van der Waals surface area contributed by atoms with Crippen molar-refractivity contribution >= 4 is 6.09 Å². The van der Waals surface area contributed by atoms with E-state index >= 15 is 0 Å². The molecular formula is C7H13NO4. The summed E-state index contributed by atoms with van der Waals surface area (Å²) in [5, 5.41) is 17.9. The molecule has 0 spiro atoms. The van der Waals surface area contributed by atoms with Crippen molar-refractivity contribution in [1.82, 2.24) is 4.90 Å². The Morgan fingerprint density at radius 1 is 1.58 bits per heavy atom. The molecule has 1 aliphatic rings. The molecule has 70 valence electrons. The van der Waals surface area contributed by atoms with E-state index in [1.54, 1.807) is 7.11 Å². The zero-order valence-corrected chi connectivity index (χ0v) is 6.93. The first-order valence-electron chi connectivity index (χ1n) is 3.85. The average Bonchev–Trinajstić information content (AvgIpc) is 2.05. The maximum Gasteiger partial charge on any atom is 0.409 e. The highest BCUT2D eigenvalue weighted by Crippen LogP contribution is 2.17. The summed E-state index contributed by atoms with van der Waals surface area (Å²) >= 11 is 0. The van der Waals surface area contributed by atoms with Crippen LogP contribution in [0.15, 0.2) is 0 Å². The zero-order valence-electron chi connectivity index (χ0n) is 6.93. The number of likely N-dealkylation sites (tertiary alicyclic amines) is 1. The van der Waals surface area contributed by atoms with E-state index in [4.69, 9.17) is 9.84 Å². The maximum atomic E-state index is 10.5. The number of carboxylic acid groups (broad SMARTS) is 1. The first kappa shape index (κ1) is 9.28. The van der Waals surface area contributed by atoms with Gasteiger partial charge in [0.05, 0.1) is 12.6 Å². The van der Waals surface area contributed by atoms with Crippen LogP contribution in [0.2, 0.25) is 0 Å². The molecule has 1 fully saturated rings. The van der Waals surface area contributed by atoms with Crippen LogP contribution in [0, 0.1) is 0 Å². The molecular weight excluding hydrogens is 162 g/mol. The van der Waals surface area contributed by atoms with Crippen molar-refractivity contribution in [3.8, 4) is 0 Å². The highest BCUT2D eigenvalue weighted by Gasteiger charge is 2.29. The lowest BCUT2D eigenvalue weighted by atomic mass is 10.1. The van der Waals surface area contributed by atoms with Crippen LogP contribution in [0.4, 0.5) is 4.79 Å². The molecule has 0 aromatic carbocycles. The molecule has 2 atom stereocenters. The highest BCUT2D eigenvalue weighted by molar-refractivity contribution is 5.65. The van der Waals surface area contributed by atoms with E-state index in [9.17, 15) is 9.90 Å². The summed E-state index contributed by atoms with van der Waals surface area (Å²) in [4.78, 5) is 11.5. The SMILES string of the molecule is COC1CCC(O)N(C(=O)O)C1. The fourth-order valence-corrected chi connectivity index (χ4v) is 1.32. The number of aliphatic hydroxyl groups is 1. The largest absolute Gasteiger partial charge is 0.465 e. The number of methoxy groups -OCH3 is 1. The van der Waals surface area contributed by atoms with E-state index in [-0.39, 0.29) is 12.6 Å². The molecule has 0 aromatic heterocycles. The van der Waals surface area contributed by atoms with Crippen LogP contribution in [0.5, 0.6) is 0 Å². The van der Waals surface area contributed by atoms with E-state index < -0.39 is 12.3 Å². The third kappa shape index (κ3) is 1.86. The Kier molecular flexibility index (Phi) is 2.88. The third-order valence-electron chi connectivity index (χ3n) is 2.09. The molecule has 1 aliphatic heterocycles. The van der Waals surface area contributed by atoms with Crippen molar-refractivity contribution in [3.63, 3.8) is 0 Å². The summed E-state index contributed by atoms with van der Waals surface area (Å²) in [6, 6.07) is 0. The first-order valence-corrected chi connectivity index (χ1v) is 3.85. The van der Waals surface area contributed by atoms with Gasteiger partial charge in [-0.15, -0.1) is 0 Å². The van der Waals surface area contributed by atoms with Crippen molar-refractivity contribution in [1.29, 1.82) is 0 Å². The molecule has 1 heterocycles. The van der Waals surface area contributed by atoms with Gasteiger partial charge in [0, 0.05) is 7.11 Å². The van der Waals surface area contributed by atoms with E-state index in [0.29, 0.717) is 12.8 Å². The van der Waals surface area contributed by atoms with Gasteiger partial charge in [0.1, 0.15) is 6.23 Å². The molecule has 5 nitrogen and oxygen atoms in total. The quantitative estimate of drug-likeness (QED) is 0.592. The van der Waals surface area contributed by atoms with Crippen LogP contribution >= 0.6 is 0 Å². The summed E-state index contributed by atoms with van der Waals surface area (Å²) < 4.78 is 5.00. The highest BCUT2D eigenvalue weighted by atomic mass is 16.5. The fourth-order valence-electron chi connectivity index (χ4n) is 1.32. The predicted molar refractivity (Wildman–Crippen MR) is 40.8 cm³/mol. The number of amides is 1. The summed E-state index contributed by atoms with van der Waals surface area (Å²) in [7, 11) is 1.54. The second-order valence-electron chi connectivity index (χ2n) is 2.85. The van der Waals surface area contributed by atoms with Crippen LogP contribution in [-0.4, -0.2) is 47.2 Å². The molecule has 0 aromatic rings. The predicted octanol–water partition coefficient (Wildman–Crippen LogP) is 0.0936. The lowest BCUT2D eigenvalue weighted by Crippen LogP contribution is -2.48. The van der Waals surface area contributed by atoms with Gasteiger partial charge in [-0.2, -0.15) is 0 Å². The summed E-state index contributed by atoms with van der Waals surface area (Å²) in [5.74, 6) is 0. The van der Waals surface area contributed by atoms with Gasteiger partial charge in [-0.25, -0.2) is 4.79 Å². The van der Waals surface area contributed by atoms with Gasteiger partial charge in [0.25, 0.3) is 0 Å². The van der Waals surface area contributed by atoms with Gasteiger partial charge < -0.3 is 14.9 Å². The zero-order chi connectivity index (χ0) is 9.14. The molecule has 2 unspecified atom stereocenters. The van der Waals surface area contributed by atoms with Crippen LogP contribution in [-0.2, 0) is 4.74 Å². The summed E-state index contributed by atoms with van der Waals surface area (Å²) in [6.07, 6.45) is -0.880. The molecule has 1 amide bonds. The van der Waals surface area contributed by atoms with Gasteiger partial charge in [-0.1, -0.05) is 0 Å². The van der Waals surface area contributed by atoms with Crippen LogP contribution < -0.4 is 0 Å². The molecule has 5 heteroatoms. The van der Waals surface area contributed by atoms with Gasteiger partial charge in [0.15, 0.2) is 0 Å². The molecule has 2 N–H and O–H groups in total. The minimum Gasteiger partial charge on any atom is -0.465 e. The Balaban J connectivity index is 2.53. The smallest absolute Gasteiger partial charge is 0.409 e. The van der Waals surface area contributed by atoms with Gasteiger partial charge >= 0.3 is 6.09 Å². The number of hydrogen-bond donors (Lipinski definition) is 2. The second kappa shape index (κ2) is 3.73. The number of piperidine rings is 1. The number of nitrogens with zero attached hydrogens (tertiary/aromatic N) is 1. The van der Waals surface area contributed by atoms with Crippen molar-refractivity contribution in [3.05, 3.63) is 0 Å². The van der Waals surface area contributed by atoms with Crippen molar-refractivity contribution in [2.75, 3.05) is 13.7 Å². The Hall–Kier alpha value is -0.810. The van der Waals surface area contributed by atoms with Crippen molar-refractivity contribution in [2.24, 2.45) is 0 Å². The minimum atomic E-state index is -1.09. The number of ether oxygens (including phenoxy) is 1. The van der Waals surface area contributed by atoms with Crippen molar-refractivity contribution < 1.29 is 19.7 Å². The monoisotopic (exact) mass is 175 g/mol. The second-order valence-corrected chi connectivity index (χ2v) is 2.85. The number of carbonyl (C=O) groups is 1. The van der Waals surface area contributed by atoms with E-state index in [2.05, 4.69) is 0 Å². The third-order valence-corrected chi connectivity index (χ3v) is 2.09. The summed E-state index contributed by atoms with van der Waals surface area (Å²) in [6.45, 7) is 0.257. The van der Waals surface area contributed by atoms with Crippen LogP contribution in [0.3, 0.4) is 0 Å². The van der Waals surface area contributed by atoms with E-state index in [1.807, 2.05) is 0 Å². The van der Waals surface area contributed by atoms with Gasteiger partial charge in [-0.05, 0) is 12.8 Å². The Morgan fingerprint density at radius 3 is 2.75 bits per heavy atom. The van der Waals surface area contributed by atoms with E-state index in [1.165, 1.54) is 0 Å². The number of rotatable bonds is 1. The number of hydrogen-bond acceptors (Lipinski definition) is 3. The Labute approximate surface area is 70.5 Å². The normalized spacial score (nSPS) is 30.3. The Morgan fingerprint density at radius 2 is 2.25 bits per heavy atom. The average molecular weight is 175 g/mol. The molecule has 0 radical (unpaired) electrons. The molecule has 12 heavy (non-hydrogen) atoms. The molecule has 1 rings (SSSR count). The van der Waals surface area contributed by atoms with Crippen LogP contribution in [0.1, 0.15) is 12.8 Å². The minimum absolute atomic E-state index is 0.0792.